The van der Waals surface area contributed by atoms with Gasteiger partial charge in [-0.25, -0.2) is 4.79 Å². The number of carbonyl (C=O) groups excluding carboxylic acids is 1. The van der Waals surface area contributed by atoms with Crippen molar-refractivity contribution in [2.75, 3.05) is 6.54 Å². The molecule has 0 aliphatic carbocycles. The maximum atomic E-state index is 11.4. The standard InChI is InChI=1S/C15H15N3O2/c1-18-11-9-14(17-18)8-5-10-16-15(19)20-12-13-6-3-2-4-7-13/h2-4,6-7,9,11H,10,12H2,1H3,(H,16,19). The van der Waals surface area contributed by atoms with Crippen molar-refractivity contribution in [1.82, 2.24) is 15.1 Å². The Balaban J connectivity index is 1.69. The lowest BCUT2D eigenvalue weighted by molar-refractivity contribution is 0.141. The highest BCUT2D eigenvalue weighted by Crippen LogP contribution is 2.00. The first-order chi connectivity index (χ1) is 9.74. The molecule has 0 saturated carbocycles. The van der Waals surface area contributed by atoms with Crippen LogP contribution in [-0.4, -0.2) is 22.4 Å². The van der Waals surface area contributed by atoms with Gasteiger partial charge in [0, 0.05) is 13.2 Å². The number of hydrogen-bond donors (Lipinski definition) is 1. The molecule has 1 N–H and O–H groups in total. The summed E-state index contributed by atoms with van der Waals surface area (Å²) >= 11 is 0. The molecule has 0 aliphatic heterocycles. The number of amides is 1. The van der Waals surface area contributed by atoms with E-state index in [0.717, 1.165) is 5.56 Å². The normalized spacial score (nSPS) is 9.45. The molecule has 0 spiro atoms. The van der Waals surface area contributed by atoms with Crippen LogP contribution in [0.2, 0.25) is 0 Å². The minimum absolute atomic E-state index is 0.226. The highest BCUT2D eigenvalue weighted by Gasteiger charge is 2.00. The van der Waals surface area contributed by atoms with Crippen LogP contribution in [0.3, 0.4) is 0 Å². The second-order valence-electron chi connectivity index (χ2n) is 4.09. The number of nitrogens with one attached hydrogen (secondary N) is 1. The van der Waals surface area contributed by atoms with E-state index < -0.39 is 6.09 Å². The average molecular weight is 269 g/mol. The first kappa shape index (κ1) is 13.7. The minimum atomic E-state index is -0.482. The number of nitrogens with zero attached hydrogens (tertiary/aromatic N) is 2. The molecule has 20 heavy (non-hydrogen) atoms. The lowest BCUT2D eigenvalue weighted by atomic mass is 10.2. The summed E-state index contributed by atoms with van der Waals surface area (Å²) in [7, 11) is 1.82. The summed E-state index contributed by atoms with van der Waals surface area (Å²) < 4.78 is 6.72. The number of hydrogen-bond acceptors (Lipinski definition) is 3. The minimum Gasteiger partial charge on any atom is -0.445 e. The van der Waals surface area contributed by atoms with E-state index >= 15 is 0 Å². The summed E-state index contributed by atoms with van der Waals surface area (Å²) in [5, 5.41) is 6.66. The molecule has 1 aromatic heterocycles. The molecule has 1 heterocycles. The Morgan fingerprint density at radius 3 is 2.85 bits per heavy atom. The number of rotatable bonds is 3. The van der Waals surface area contributed by atoms with Gasteiger partial charge in [-0.05, 0) is 17.6 Å². The zero-order chi connectivity index (χ0) is 14.2. The van der Waals surface area contributed by atoms with Crippen molar-refractivity contribution in [2.24, 2.45) is 7.05 Å². The van der Waals surface area contributed by atoms with Crippen LogP contribution in [-0.2, 0) is 18.4 Å². The van der Waals surface area contributed by atoms with Gasteiger partial charge < -0.3 is 10.1 Å². The van der Waals surface area contributed by atoms with Crippen LogP contribution < -0.4 is 5.32 Å². The van der Waals surface area contributed by atoms with Gasteiger partial charge in [0.15, 0.2) is 0 Å². The van der Waals surface area contributed by atoms with E-state index in [1.807, 2.05) is 43.6 Å². The van der Waals surface area contributed by atoms with Crippen LogP contribution in [0.1, 0.15) is 11.3 Å². The SMILES string of the molecule is Cn1ccc(C#CCNC(=O)OCc2ccccc2)n1. The summed E-state index contributed by atoms with van der Waals surface area (Å²) in [5.74, 6) is 5.65. The van der Waals surface area contributed by atoms with Gasteiger partial charge in [-0.3, -0.25) is 4.68 Å². The number of aryl methyl sites for hydroxylation is 1. The van der Waals surface area contributed by atoms with E-state index in [1.165, 1.54) is 0 Å². The van der Waals surface area contributed by atoms with Crippen molar-refractivity contribution in [3.63, 3.8) is 0 Å². The molecule has 2 aromatic rings. The first-order valence-corrected chi connectivity index (χ1v) is 6.17. The van der Waals surface area contributed by atoms with Crippen molar-refractivity contribution in [2.45, 2.75) is 6.61 Å². The van der Waals surface area contributed by atoms with Crippen molar-refractivity contribution < 1.29 is 9.53 Å². The molecule has 1 aromatic carbocycles. The Hall–Kier alpha value is -2.74. The van der Waals surface area contributed by atoms with Gasteiger partial charge in [-0.15, -0.1) is 0 Å². The Bertz CT molecular complexity index is 623. The molecule has 0 fully saturated rings. The molecular weight excluding hydrogens is 254 g/mol. The van der Waals surface area contributed by atoms with Crippen molar-refractivity contribution in [3.05, 3.63) is 53.9 Å². The van der Waals surface area contributed by atoms with E-state index in [9.17, 15) is 4.79 Å². The zero-order valence-electron chi connectivity index (χ0n) is 11.2. The number of ether oxygens (including phenoxy) is 1. The van der Waals surface area contributed by atoms with Gasteiger partial charge in [0.1, 0.15) is 12.3 Å². The summed E-state index contributed by atoms with van der Waals surface area (Å²) in [4.78, 5) is 11.4. The van der Waals surface area contributed by atoms with Crippen LogP contribution in [0.15, 0.2) is 42.6 Å². The fourth-order valence-electron chi connectivity index (χ4n) is 1.51. The monoisotopic (exact) mass is 269 g/mol. The third-order valence-electron chi connectivity index (χ3n) is 2.46. The molecule has 0 bridgehead atoms. The Morgan fingerprint density at radius 1 is 1.35 bits per heavy atom. The zero-order valence-corrected chi connectivity index (χ0v) is 11.2. The van der Waals surface area contributed by atoms with Crippen LogP contribution >= 0.6 is 0 Å². The lowest BCUT2D eigenvalue weighted by Crippen LogP contribution is -2.24. The highest BCUT2D eigenvalue weighted by molar-refractivity contribution is 5.67. The molecule has 102 valence electrons. The quantitative estimate of drug-likeness (QED) is 0.863. The van der Waals surface area contributed by atoms with Gasteiger partial charge >= 0.3 is 6.09 Å². The molecule has 5 heteroatoms. The maximum Gasteiger partial charge on any atom is 0.408 e. The van der Waals surface area contributed by atoms with E-state index in [1.54, 1.807) is 10.7 Å². The topological polar surface area (TPSA) is 56.2 Å². The molecular formula is C15H15N3O2. The van der Waals surface area contributed by atoms with Crippen molar-refractivity contribution >= 4 is 6.09 Å². The summed E-state index contributed by atoms with van der Waals surface area (Å²) in [5.41, 5.74) is 1.62. The fraction of sp³-hybridized carbons (Fsp3) is 0.200. The molecule has 0 saturated heterocycles. The molecule has 2 rings (SSSR count). The van der Waals surface area contributed by atoms with Gasteiger partial charge in [0.05, 0.1) is 6.54 Å². The number of aromatic nitrogens is 2. The first-order valence-electron chi connectivity index (χ1n) is 6.17. The van der Waals surface area contributed by atoms with Crippen molar-refractivity contribution in [1.29, 1.82) is 0 Å². The maximum absolute atomic E-state index is 11.4. The third kappa shape index (κ3) is 4.50. The summed E-state index contributed by atoms with van der Waals surface area (Å²) in [6.07, 6.45) is 1.33. The van der Waals surface area contributed by atoms with Gasteiger partial charge in [-0.1, -0.05) is 36.3 Å². The molecule has 1 amide bonds. The van der Waals surface area contributed by atoms with E-state index in [0.29, 0.717) is 5.69 Å². The lowest BCUT2D eigenvalue weighted by Gasteiger charge is -2.04. The fourth-order valence-corrected chi connectivity index (χ4v) is 1.51. The van der Waals surface area contributed by atoms with Crippen LogP contribution in [0.4, 0.5) is 4.79 Å². The van der Waals surface area contributed by atoms with Crippen molar-refractivity contribution in [3.8, 4) is 11.8 Å². The second kappa shape index (κ2) is 7.00. The summed E-state index contributed by atoms with van der Waals surface area (Å²) in [6.45, 7) is 0.477. The average Bonchev–Trinajstić information content (AvgIpc) is 2.88. The third-order valence-corrected chi connectivity index (χ3v) is 2.46. The predicted octanol–water partition coefficient (Wildman–Crippen LogP) is 1.70. The molecule has 0 atom stereocenters. The molecule has 0 radical (unpaired) electrons. The summed E-state index contributed by atoms with van der Waals surface area (Å²) in [6, 6.07) is 11.3. The second-order valence-corrected chi connectivity index (χ2v) is 4.09. The van der Waals surface area contributed by atoms with Gasteiger partial charge in [0.2, 0.25) is 0 Å². The molecule has 0 unspecified atom stereocenters. The Kier molecular flexibility index (Phi) is 4.79. The van der Waals surface area contributed by atoms with Gasteiger partial charge in [-0.2, -0.15) is 5.10 Å². The van der Waals surface area contributed by atoms with Crippen LogP contribution in [0.25, 0.3) is 0 Å². The van der Waals surface area contributed by atoms with E-state index in [2.05, 4.69) is 22.3 Å². The molecule has 5 nitrogen and oxygen atoms in total. The molecule has 0 aliphatic rings. The van der Waals surface area contributed by atoms with E-state index in [4.69, 9.17) is 4.74 Å². The number of benzene rings is 1. The number of carbonyl (C=O) groups is 1. The smallest absolute Gasteiger partial charge is 0.408 e. The van der Waals surface area contributed by atoms with E-state index in [-0.39, 0.29) is 13.2 Å². The number of alkyl carbamates (subject to hydrolysis) is 1. The largest absolute Gasteiger partial charge is 0.445 e. The van der Waals surface area contributed by atoms with Gasteiger partial charge in [0.25, 0.3) is 0 Å². The Labute approximate surface area is 117 Å². The Morgan fingerprint density at radius 2 is 2.15 bits per heavy atom. The van der Waals surface area contributed by atoms with Crippen LogP contribution in [0, 0.1) is 11.8 Å². The predicted molar refractivity (Wildman–Crippen MR) is 74.7 cm³/mol. The highest BCUT2D eigenvalue weighted by atomic mass is 16.5. The van der Waals surface area contributed by atoms with Crippen LogP contribution in [0.5, 0.6) is 0 Å².